The zero-order chi connectivity index (χ0) is 19.6. The van der Waals surface area contributed by atoms with Crippen LogP contribution in [0.5, 0.6) is 0 Å². The number of hydrogen-bond donors (Lipinski definition) is 0. The third-order valence-corrected chi connectivity index (χ3v) is 7.12. The average Bonchev–Trinajstić information content (AvgIpc) is 2.68. The van der Waals surface area contributed by atoms with E-state index in [1.165, 1.54) is 28.1 Å². The fraction of sp³-hybridized carbons (Fsp3) is 0.350. The van der Waals surface area contributed by atoms with Crippen LogP contribution >= 0.6 is 11.6 Å². The molecule has 0 aromatic heterocycles. The summed E-state index contributed by atoms with van der Waals surface area (Å²) in [6.07, 6.45) is 0.675. The van der Waals surface area contributed by atoms with Crippen LogP contribution in [-0.2, 0) is 23.0 Å². The minimum Gasteiger partial charge on any atom is -0.339 e. The number of halogens is 1. The summed E-state index contributed by atoms with van der Waals surface area (Å²) < 4.78 is 27.8. The smallest absolute Gasteiger partial charge is 0.255 e. The Morgan fingerprint density at radius 2 is 1.78 bits per heavy atom. The highest BCUT2D eigenvalue weighted by molar-refractivity contribution is 7.89. The van der Waals surface area contributed by atoms with Crippen LogP contribution in [0.1, 0.15) is 35.3 Å². The number of rotatable bonds is 5. The summed E-state index contributed by atoms with van der Waals surface area (Å²) in [6.45, 7) is 5.57. The molecule has 0 bridgehead atoms. The van der Waals surface area contributed by atoms with Crippen LogP contribution in [0.4, 0.5) is 0 Å². The van der Waals surface area contributed by atoms with Gasteiger partial charge in [0, 0.05) is 26.2 Å². The molecule has 0 saturated heterocycles. The van der Waals surface area contributed by atoms with Gasteiger partial charge >= 0.3 is 0 Å². The van der Waals surface area contributed by atoms with Gasteiger partial charge in [0.05, 0.1) is 15.5 Å². The van der Waals surface area contributed by atoms with Gasteiger partial charge in [0.25, 0.3) is 5.91 Å². The number of hydrogen-bond acceptors (Lipinski definition) is 3. The second-order valence-electron chi connectivity index (χ2n) is 6.48. The largest absolute Gasteiger partial charge is 0.339 e. The monoisotopic (exact) mass is 406 g/mol. The van der Waals surface area contributed by atoms with Gasteiger partial charge in [-0.15, -0.1) is 0 Å². The van der Waals surface area contributed by atoms with Crippen molar-refractivity contribution in [2.24, 2.45) is 0 Å². The normalized spacial score (nSPS) is 14.6. The Hall–Kier alpha value is -1.89. The summed E-state index contributed by atoms with van der Waals surface area (Å²) in [5.41, 5.74) is 2.41. The number of carbonyl (C=O) groups is 1. The summed E-state index contributed by atoms with van der Waals surface area (Å²) in [4.78, 5) is 14.4. The molecule has 0 N–H and O–H groups in total. The second kappa shape index (κ2) is 8.00. The van der Waals surface area contributed by atoms with Crippen molar-refractivity contribution in [2.75, 3.05) is 19.6 Å². The van der Waals surface area contributed by atoms with Gasteiger partial charge in [-0.25, -0.2) is 8.42 Å². The first-order chi connectivity index (χ1) is 12.9. The molecule has 1 aliphatic rings. The molecule has 0 radical (unpaired) electrons. The summed E-state index contributed by atoms with van der Waals surface area (Å²) in [5.74, 6) is -0.258. The molecular weight excluding hydrogens is 384 g/mol. The fourth-order valence-corrected chi connectivity index (χ4v) is 4.98. The van der Waals surface area contributed by atoms with Crippen LogP contribution in [0.3, 0.4) is 0 Å². The Labute approximate surface area is 165 Å². The number of sulfonamides is 1. The van der Waals surface area contributed by atoms with E-state index in [1.807, 2.05) is 38.1 Å². The van der Waals surface area contributed by atoms with Gasteiger partial charge in [-0.1, -0.05) is 35.9 Å². The van der Waals surface area contributed by atoms with Gasteiger partial charge < -0.3 is 4.90 Å². The predicted octanol–water partition coefficient (Wildman–Crippen LogP) is 3.57. The van der Waals surface area contributed by atoms with Crippen LogP contribution in [-0.4, -0.2) is 43.2 Å². The van der Waals surface area contributed by atoms with Crippen LogP contribution in [0.15, 0.2) is 47.4 Å². The van der Waals surface area contributed by atoms with Crippen molar-refractivity contribution in [2.45, 2.75) is 31.7 Å². The number of nitrogens with zero attached hydrogens (tertiary/aromatic N) is 2. The van der Waals surface area contributed by atoms with E-state index in [0.717, 1.165) is 5.56 Å². The van der Waals surface area contributed by atoms with E-state index in [1.54, 1.807) is 4.90 Å². The Morgan fingerprint density at radius 3 is 2.44 bits per heavy atom. The second-order valence-corrected chi connectivity index (χ2v) is 8.82. The Morgan fingerprint density at radius 1 is 1.11 bits per heavy atom. The molecule has 0 saturated carbocycles. The van der Waals surface area contributed by atoms with E-state index in [4.69, 9.17) is 11.6 Å². The molecule has 144 valence electrons. The van der Waals surface area contributed by atoms with Crippen molar-refractivity contribution in [1.29, 1.82) is 0 Å². The minimum absolute atomic E-state index is 0.0989. The molecule has 1 amide bonds. The number of amides is 1. The lowest BCUT2D eigenvalue weighted by Crippen LogP contribution is -2.36. The summed E-state index contributed by atoms with van der Waals surface area (Å²) in [5, 5.41) is 0.259. The maximum Gasteiger partial charge on any atom is 0.255 e. The van der Waals surface area contributed by atoms with Crippen molar-refractivity contribution in [3.05, 3.63) is 64.2 Å². The molecule has 0 spiro atoms. The third-order valence-electron chi connectivity index (χ3n) is 4.95. The topological polar surface area (TPSA) is 57.7 Å². The third kappa shape index (κ3) is 3.88. The predicted molar refractivity (Wildman–Crippen MR) is 106 cm³/mol. The van der Waals surface area contributed by atoms with Gasteiger partial charge in [0.1, 0.15) is 0 Å². The summed E-state index contributed by atoms with van der Waals surface area (Å²) in [6, 6.07) is 12.2. The van der Waals surface area contributed by atoms with E-state index >= 15 is 0 Å². The first-order valence-corrected chi connectivity index (χ1v) is 10.9. The first kappa shape index (κ1) is 19.9. The lowest BCUT2D eigenvalue weighted by Gasteiger charge is -2.28. The van der Waals surface area contributed by atoms with Crippen molar-refractivity contribution in [3.8, 4) is 0 Å². The zero-order valence-corrected chi connectivity index (χ0v) is 17.1. The summed E-state index contributed by atoms with van der Waals surface area (Å²) in [7, 11) is -3.71. The van der Waals surface area contributed by atoms with Gasteiger partial charge in [-0.3, -0.25) is 4.79 Å². The van der Waals surface area contributed by atoms with Gasteiger partial charge in [-0.2, -0.15) is 4.31 Å². The lowest BCUT2D eigenvalue weighted by atomic mass is 10.0. The molecule has 0 atom stereocenters. The number of benzene rings is 2. The highest BCUT2D eigenvalue weighted by Gasteiger charge is 2.29. The van der Waals surface area contributed by atoms with E-state index < -0.39 is 10.0 Å². The lowest BCUT2D eigenvalue weighted by molar-refractivity contribution is 0.0773. The Balaban J connectivity index is 1.94. The van der Waals surface area contributed by atoms with Crippen LogP contribution < -0.4 is 0 Å². The fourth-order valence-electron chi connectivity index (χ4n) is 3.33. The van der Waals surface area contributed by atoms with E-state index in [9.17, 15) is 13.2 Å². The first-order valence-electron chi connectivity index (χ1n) is 9.04. The van der Waals surface area contributed by atoms with Crippen molar-refractivity contribution in [3.63, 3.8) is 0 Å². The molecule has 1 aliphatic heterocycles. The van der Waals surface area contributed by atoms with Gasteiger partial charge in [0.2, 0.25) is 10.0 Å². The van der Waals surface area contributed by atoms with Crippen molar-refractivity contribution < 1.29 is 13.2 Å². The van der Waals surface area contributed by atoms with Gasteiger partial charge in [0.15, 0.2) is 0 Å². The Kier molecular flexibility index (Phi) is 5.89. The van der Waals surface area contributed by atoms with E-state index in [-0.39, 0.29) is 21.4 Å². The molecule has 0 fully saturated rings. The number of carbonyl (C=O) groups excluding carboxylic acids is 1. The molecular formula is C20H23ClN2O3S. The van der Waals surface area contributed by atoms with E-state index in [2.05, 4.69) is 0 Å². The molecule has 0 unspecified atom stereocenters. The molecule has 27 heavy (non-hydrogen) atoms. The molecule has 3 rings (SSSR count). The SMILES string of the molecule is CCN(CC)C(=O)c1cc(S(=O)(=O)N2CCc3ccccc3C2)ccc1Cl. The van der Waals surface area contributed by atoms with Crippen LogP contribution in [0, 0.1) is 0 Å². The molecule has 2 aromatic rings. The highest BCUT2D eigenvalue weighted by atomic mass is 35.5. The maximum atomic E-state index is 13.2. The highest BCUT2D eigenvalue weighted by Crippen LogP contribution is 2.28. The van der Waals surface area contributed by atoms with Gasteiger partial charge in [-0.05, 0) is 49.6 Å². The zero-order valence-electron chi connectivity index (χ0n) is 15.5. The molecule has 1 heterocycles. The molecule has 7 heteroatoms. The Bertz CT molecular complexity index is 955. The quantitative estimate of drug-likeness (QED) is 0.762. The number of fused-ring (bicyclic) bond motifs is 1. The molecule has 2 aromatic carbocycles. The summed E-state index contributed by atoms with van der Waals surface area (Å²) >= 11 is 6.20. The average molecular weight is 407 g/mol. The van der Waals surface area contributed by atoms with Crippen molar-refractivity contribution in [1.82, 2.24) is 9.21 Å². The maximum absolute atomic E-state index is 13.2. The van der Waals surface area contributed by atoms with Crippen LogP contribution in [0.2, 0.25) is 5.02 Å². The van der Waals surface area contributed by atoms with Crippen LogP contribution in [0.25, 0.3) is 0 Å². The minimum atomic E-state index is -3.71. The van der Waals surface area contributed by atoms with Crippen molar-refractivity contribution >= 4 is 27.5 Å². The molecule has 5 nitrogen and oxygen atoms in total. The van der Waals surface area contributed by atoms with E-state index in [0.29, 0.717) is 32.6 Å². The standard InChI is InChI=1S/C20H23ClN2O3S/c1-3-22(4-2)20(24)18-13-17(9-10-19(18)21)27(25,26)23-12-11-15-7-5-6-8-16(15)14-23/h5-10,13H,3-4,11-12,14H2,1-2H3. The molecule has 0 aliphatic carbocycles.